The highest BCUT2D eigenvalue weighted by Crippen LogP contribution is 2.33. The Kier molecular flexibility index (Phi) is 3.81. The minimum absolute atomic E-state index is 0.633. The molecular weight excluding hydrogens is 311 g/mol. The Morgan fingerprint density at radius 2 is 1.73 bits per heavy atom. The molecule has 2 heterocycles. The molecule has 0 saturated heterocycles. The van der Waals surface area contributed by atoms with Gasteiger partial charge in [-0.1, -0.05) is 29.5 Å². The maximum atomic E-state index is 12.5. The number of hydrogen-bond donors (Lipinski definition) is 1. The summed E-state index contributed by atoms with van der Waals surface area (Å²) in [6.07, 6.45) is -1.04. The molecule has 1 N–H and O–H groups in total. The highest BCUT2D eigenvalue weighted by Gasteiger charge is 2.30. The van der Waals surface area contributed by atoms with Crippen LogP contribution in [0, 0.1) is 0 Å². The van der Waals surface area contributed by atoms with E-state index < -0.39 is 11.7 Å². The fourth-order valence-corrected chi connectivity index (χ4v) is 2.66. The van der Waals surface area contributed by atoms with E-state index in [0.717, 1.165) is 17.0 Å². The third-order valence-corrected chi connectivity index (χ3v) is 3.86. The molecule has 112 valence electrons. The van der Waals surface area contributed by atoms with Crippen LogP contribution in [0.1, 0.15) is 5.56 Å². The van der Waals surface area contributed by atoms with Crippen molar-refractivity contribution in [2.24, 2.45) is 0 Å². The van der Waals surface area contributed by atoms with Crippen molar-refractivity contribution in [3.63, 3.8) is 0 Å². The van der Waals surface area contributed by atoms with Crippen molar-refractivity contribution in [3.8, 4) is 10.4 Å². The van der Waals surface area contributed by atoms with Gasteiger partial charge in [0, 0.05) is 12.4 Å². The van der Waals surface area contributed by atoms with Crippen LogP contribution in [-0.2, 0) is 6.18 Å². The van der Waals surface area contributed by atoms with Gasteiger partial charge in [-0.3, -0.25) is 0 Å². The molecule has 0 radical (unpaired) electrons. The molecule has 3 nitrogen and oxygen atoms in total. The average Bonchev–Trinajstić information content (AvgIpc) is 2.96. The van der Waals surface area contributed by atoms with Gasteiger partial charge in [-0.2, -0.15) is 13.2 Å². The third-order valence-electron chi connectivity index (χ3n) is 2.90. The maximum absolute atomic E-state index is 12.5. The third kappa shape index (κ3) is 3.25. The Balaban J connectivity index is 1.79. The molecule has 2 aromatic heterocycles. The first-order valence-electron chi connectivity index (χ1n) is 6.34. The predicted molar refractivity (Wildman–Crippen MR) is 80.1 cm³/mol. The van der Waals surface area contributed by atoms with Gasteiger partial charge in [0.25, 0.3) is 0 Å². The summed E-state index contributed by atoms with van der Waals surface area (Å²) in [5.74, 6) is 0.663. The summed E-state index contributed by atoms with van der Waals surface area (Å²) in [5, 5.41) is 3.68. The number of rotatable bonds is 3. The van der Waals surface area contributed by atoms with Gasteiger partial charge in [0.1, 0.15) is 5.82 Å². The van der Waals surface area contributed by atoms with Crippen LogP contribution >= 0.6 is 11.3 Å². The van der Waals surface area contributed by atoms with Gasteiger partial charge in [-0.15, -0.1) is 0 Å². The zero-order chi connectivity index (χ0) is 15.6. The number of anilines is 2. The summed E-state index contributed by atoms with van der Waals surface area (Å²) < 4.78 is 37.6. The zero-order valence-corrected chi connectivity index (χ0v) is 11.9. The van der Waals surface area contributed by atoms with E-state index in [1.54, 1.807) is 24.5 Å². The smallest absolute Gasteiger partial charge is 0.316 e. The number of thiazole rings is 1. The van der Waals surface area contributed by atoms with Crippen molar-refractivity contribution in [1.82, 2.24) is 9.97 Å². The lowest BCUT2D eigenvalue weighted by atomic mass is 10.1. The summed E-state index contributed by atoms with van der Waals surface area (Å²) in [5.41, 5.74) is 0.0344. The Labute approximate surface area is 128 Å². The lowest BCUT2D eigenvalue weighted by Crippen LogP contribution is -2.03. The fourth-order valence-electron chi connectivity index (χ4n) is 1.84. The summed E-state index contributed by atoms with van der Waals surface area (Å²) in [6, 6.07) is 10.5. The molecule has 1 aromatic carbocycles. The molecule has 0 amide bonds. The first kappa shape index (κ1) is 14.5. The van der Waals surface area contributed by atoms with Crippen molar-refractivity contribution >= 4 is 22.3 Å². The van der Waals surface area contributed by atoms with E-state index >= 15 is 0 Å². The topological polar surface area (TPSA) is 37.8 Å². The molecule has 7 heteroatoms. The van der Waals surface area contributed by atoms with Crippen LogP contribution < -0.4 is 5.32 Å². The molecular formula is C15H10F3N3S. The Morgan fingerprint density at radius 1 is 0.955 bits per heavy atom. The van der Waals surface area contributed by atoms with Crippen LogP contribution in [0.5, 0.6) is 0 Å². The molecule has 0 unspecified atom stereocenters. The lowest BCUT2D eigenvalue weighted by Gasteiger charge is -2.06. The molecule has 22 heavy (non-hydrogen) atoms. The molecule has 0 spiro atoms. The van der Waals surface area contributed by atoms with Crippen molar-refractivity contribution in [2.45, 2.75) is 6.18 Å². The first-order valence-corrected chi connectivity index (χ1v) is 7.15. The van der Waals surface area contributed by atoms with Crippen molar-refractivity contribution in [2.75, 3.05) is 5.32 Å². The van der Waals surface area contributed by atoms with E-state index in [-0.39, 0.29) is 0 Å². The molecule has 0 aliphatic carbocycles. The van der Waals surface area contributed by atoms with Crippen LogP contribution in [0.2, 0.25) is 0 Å². The van der Waals surface area contributed by atoms with Gasteiger partial charge in [-0.05, 0) is 29.8 Å². The maximum Gasteiger partial charge on any atom is 0.416 e. The second-order valence-corrected chi connectivity index (χ2v) is 5.48. The molecule has 3 rings (SSSR count). The second-order valence-electron chi connectivity index (χ2n) is 4.44. The number of pyridine rings is 1. The van der Waals surface area contributed by atoms with Crippen LogP contribution in [0.25, 0.3) is 10.4 Å². The molecule has 0 aliphatic heterocycles. The highest BCUT2D eigenvalue weighted by molar-refractivity contribution is 7.18. The first-order chi connectivity index (χ1) is 10.5. The number of benzene rings is 1. The Bertz CT molecular complexity index is 752. The molecule has 0 saturated carbocycles. The standard InChI is InChI=1S/C15H10F3N3S/c16-15(17,18)11-6-4-10(5-7-11)12-9-20-14(22-12)21-13-3-1-2-8-19-13/h1-9H,(H,19,20,21). The van der Waals surface area contributed by atoms with Crippen molar-refractivity contribution in [3.05, 3.63) is 60.4 Å². The van der Waals surface area contributed by atoms with E-state index in [0.29, 0.717) is 16.5 Å². The van der Waals surface area contributed by atoms with Gasteiger partial charge in [-0.25, -0.2) is 9.97 Å². The number of nitrogens with one attached hydrogen (secondary N) is 1. The van der Waals surface area contributed by atoms with Gasteiger partial charge in [0.2, 0.25) is 0 Å². The Morgan fingerprint density at radius 3 is 2.36 bits per heavy atom. The second kappa shape index (κ2) is 5.76. The van der Waals surface area contributed by atoms with Gasteiger partial charge < -0.3 is 5.32 Å². The average molecular weight is 321 g/mol. The summed E-state index contributed by atoms with van der Waals surface area (Å²) in [4.78, 5) is 9.11. The van der Waals surface area contributed by atoms with Gasteiger partial charge in [0.15, 0.2) is 5.13 Å². The number of halogens is 3. The molecule has 0 fully saturated rings. The highest BCUT2D eigenvalue weighted by atomic mass is 32.1. The van der Waals surface area contributed by atoms with Crippen LogP contribution in [0.3, 0.4) is 0 Å². The van der Waals surface area contributed by atoms with Crippen LogP contribution in [0.4, 0.5) is 24.1 Å². The fraction of sp³-hybridized carbons (Fsp3) is 0.0667. The molecule has 0 atom stereocenters. The van der Waals surface area contributed by atoms with E-state index in [2.05, 4.69) is 15.3 Å². The zero-order valence-electron chi connectivity index (χ0n) is 11.1. The number of aromatic nitrogens is 2. The van der Waals surface area contributed by atoms with Crippen molar-refractivity contribution < 1.29 is 13.2 Å². The normalized spacial score (nSPS) is 11.4. The van der Waals surface area contributed by atoms with Crippen LogP contribution in [-0.4, -0.2) is 9.97 Å². The Hall–Kier alpha value is -2.41. The van der Waals surface area contributed by atoms with Crippen LogP contribution in [0.15, 0.2) is 54.9 Å². The number of nitrogens with zero attached hydrogens (tertiary/aromatic N) is 2. The number of alkyl halides is 3. The predicted octanol–water partition coefficient (Wildman–Crippen LogP) is 4.97. The van der Waals surface area contributed by atoms with Gasteiger partial charge in [0.05, 0.1) is 10.4 Å². The van der Waals surface area contributed by atoms with Crippen molar-refractivity contribution in [1.29, 1.82) is 0 Å². The number of hydrogen-bond acceptors (Lipinski definition) is 4. The molecule has 3 aromatic rings. The summed E-state index contributed by atoms with van der Waals surface area (Å²) in [7, 11) is 0. The SMILES string of the molecule is FC(F)(F)c1ccc(-c2cnc(Nc3ccccn3)s2)cc1. The summed E-state index contributed by atoms with van der Waals surface area (Å²) >= 11 is 1.35. The monoisotopic (exact) mass is 321 g/mol. The quantitative estimate of drug-likeness (QED) is 0.740. The van der Waals surface area contributed by atoms with E-state index in [1.807, 2.05) is 6.07 Å². The van der Waals surface area contributed by atoms with E-state index in [9.17, 15) is 13.2 Å². The minimum atomic E-state index is -4.32. The molecule has 0 aliphatic rings. The van der Waals surface area contributed by atoms with E-state index in [4.69, 9.17) is 0 Å². The minimum Gasteiger partial charge on any atom is -0.316 e. The molecule has 0 bridgehead atoms. The van der Waals surface area contributed by atoms with E-state index in [1.165, 1.54) is 23.5 Å². The lowest BCUT2D eigenvalue weighted by molar-refractivity contribution is -0.137. The summed E-state index contributed by atoms with van der Waals surface area (Å²) in [6.45, 7) is 0. The van der Waals surface area contributed by atoms with Gasteiger partial charge >= 0.3 is 6.18 Å². The largest absolute Gasteiger partial charge is 0.416 e.